The van der Waals surface area contributed by atoms with Crippen LogP contribution in [0.4, 0.5) is 5.69 Å². The van der Waals surface area contributed by atoms with Gasteiger partial charge in [-0.1, -0.05) is 6.07 Å². The van der Waals surface area contributed by atoms with Crippen LogP contribution in [0.1, 0.15) is 5.56 Å². The second-order valence-electron chi connectivity index (χ2n) is 6.10. The van der Waals surface area contributed by atoms with Crippen molar-refractivity contribution in [2.24, 2.45) is 0 Å². The second kappa shape index (κ2) is 7.09. The number of hydrogen-bond acceptors (Lipinski definition) is 4. The maximum atomic E-state index is 3.78. The number of hydrogen-bond donors (Lipinski definition) is 1. The number of nitrogens with one attached hydrogen (secondary N) is 1. The van der Waals surface area contributed by atoms with E-state index in [0.29, 0.717) is 0 Å². The van der Waals surface area contributed by atoms with Gasteiger partial charge in [-0.05, 0) is 40.7 Å². The van der Waals surface area contributed by atoms with Gasteiger partial charge in [-0.15, -0.1) is 0 Å². The number of likely N-dealkylation sites (N-methyl/N-ethyl adjacent to an activating group) is 1. The predicted molar refractivity (Wildman–Crippen MR) is 92.0 cm³/mol. The van der Waals surface area contributed by atoms with E-state index in [1.165, 1.54) is 15.7 Å². The Hall–Kier alpha value is -0.620. The monoisotopic (exact) mass is 352 g/mol. The molecule has 0 unspecified atom stereocenters. The largest absolute Gasteiger partial charge is 0.368 e. The molecule has 0 atom stereocenters. The van der Waals surface area contributed by atoms with Crippen molar-refractivity contribution in [1.82, 2.24) is 15.1 Å². The molecule has 0 amide bonds. The lowest BCUT2D eigenvalue weighted by Crippen LogP contribution is -2.44. The molecule has 0 saturated carbocycles. The van der Waals surface area contributed by atoms with Crippen molar-refractivity contribution in [3.8, 4) is 0 Å². The Labute approximate surface area is 136 Å². The minimum absolute atomic E-state index is 1.06. The molecular formula is C16H25BrN4. The van der Waals surface area contributed by atoms with Gasteiger partial charge >= 0.3 is 0 Å². The van der Waals surface area contributed by atoms with E-state index in [0.717, 1.165) is 58.9 Å². The number of halogens is 1. The van der Waals surface area contributed by atoms with Crippen molar-refractivity contribution in [2.75, 3.05) is 64.3 Å². The summed E-state index contributed by atoms with van der Waals surface area (Å²) in [6, 6.07) is 6.88. The van der Waals surface area contributed by atoms with E-state index in [4.69, 9.17) is 0 Å². The summed E-state index contributed by atoms with van der Waals surface area (Å²) in [7, 11) is 2.20. The maximum absolute atomic E-state index is 3.78. The molecule has 0 radical (unpaired) electrons. The molecule has 1 aromatic carbocycles. The zero-order valence-electron chi connectivity index (χ0n) is 12.8. The summed E-state index contributed by atoms with van der Waals surface area (Å²) in [6.45, 7) is 10.1. The third kappa shape index (κ3) is 3.97. The van der Waals surface area contributed by atoms with E-state index in [1.54, 1.807) is 0 Å². The minimum atomic E-state index is 1.06. The predicted octanol–water partition coefficient (Wildman–Crippen LogP) is 1.61. The van der Waals surface area contributed by atoms with Gasteiger partial charge in [0.25, 0.3) is 0 Å². The number of benzene rings is 1. The van der Waals surface area contributed by atoms with Crippen LogP contribution in [-0.4, -0.2) is 69.2 Å². The normalized spacial score (nSPS) is 21.7. The summed E-state index contributed by atoms with van der Waals surface area (Å²) in [5.41, 5.74) is 2.74. The highest BCUT2D eigenvalue weighted by Gasteiger charge is 2.17. The minimum Gasteiger partial charge on any atom is -0.368 e. The summed E-state index contributed by atoms with van der Waals surface area (Å²) in [5.74, 6) is 0. The third-order valence-corrected chi connectivity index (χ3v) is 5.11. The lowest BCUT2D eigenvalue weighted by molar-refractivity contribution is 0.233. The summed E-state index contributed by atoms with van der Waals surface area (Å²) >= 11 is 3.78. The summed E-state index contributed by atoms with van der Waals surface area (Å²) in [6.07, 6.45) is 0. The first kappa shape index (κ1) is 15.3. The molecular weight excluding hydrogens is 328 g/mol. The van der Waals surface area contributed by atoms with Gasteiger partial charge in [0.1, 0.15) is 0 Å². The molecule has 2 saturated heterocycles. The van der Waals surface area contributed by atoms with Gasteiger partial charge in [-0.25, -0.2) is 0 Å². The fourth-order valence-electron chi connectivity index (χ4n) is 3.08. The topological polar surface area (TPSA) is 21.8 Å². The van der Waals surface area contributed by atoms with Crippen molar-refractivity contribution in [2.45, 2.75) is 6.54 Å². The van der Waals surface area contributed by atoms with Gasteiger partial charge in [0.05, 0.1) is 5.69 Å². The molecule has 0 bridgehead atoms. The molecule has 116 valence electrons. The summed E-state index contributed by atoms with van der Waals surface area (Å²) < 4.78 is 1.24. The van der Waals surface area contributed by atoms with E-state index in [2.05, 4.69) is 61.2 Å². The SMILES string of the molecule is CN1CCN(c2ccc(CN3CCNCC3)cc2Br)CC1. The Morgan fingerprint density at radius 1 is 1.05 bits per heavy atom. The molecule has 5 heteroatoms. The van der Waals surface area contributed by atoms with Gasteiger partial charge in [0, 0.05) is 63.4 Å². The highest BCUT2D eigenvalue weighted by molar-refractivity contribution is 9.10. The van der Waals surface area contributed by atoms with E-state index in [-0.39, 0.29) is 0 Å². The Morgan fingerprint density at radius 2 is 1.76 bits per heavy atom. The summed E-state index contributed by atoms with van der Waals surface area (Å²) in [5, 5.41) is 3.41. The van der Waals surface area contributed by atoms with Crippen LogP contribution in [-0.2, 0) is 6.54 Å². The fourth-order valence-corrected chi connectivity index (χ4v) is 3.76. The highest BCUT2D eigenvalue weighted by Crippen LogP contribution is 2.28. The molecule has 0 spiro atoms. The van der Waals surface area contributed by atoms with Crippen LogP contribution in [0.5, 0.6) is 0 Å². The molecule has 0 aliphatic carbocycles. The quantitative estimate of drug-likeness (QED) is 0.891. The van der Waals surface area contributed by atoms with Crippen molar-refractivity contribution >= 4 is 21.6 Å². The van der Waals surface area contributed by atoms with Crippen LogP contribution in [0.25, 0.3) is 0 Å². The molecule has 2 aliphatic heterocycles. The Morgan fingerprint density at radius 3 is 2.43 bits per heavy atom. The zero-order valence-corrected chi connectivity index (χ0v) is 14.4. The van der Waals surface area contributed by atoms with Crippen molar-refractivity contribution in [3.63, 3.8) is 0 Å². The zero-order chi connectivity index (χ0) is 14.7. The number of rotatable bonds is 3. The number of nitrogens with zero attached hydrogens (tertiary/aromatic N) is 3. The Kier molecular flexibility index (Phi) is 5.16. The summed E-state index contributed by atoms with van der Waals surface area (Å²) in [4.78, 5) is 7.40. The van der Waals surface area contributed by atoms with Crippen LogP contribution >= 0.6 is 15.9 Å². The van der Waals surface area contributed by atoms with E-state index in [9.17, 15) is 0 Å². The lowest BCUT2D eigenvalue weighted by atomic mass is 10.1. The van der Waals surface area contributed by atoms with Crippen LogP contribution in [0.3, 0.4) is 0 Å². The van der Waals surface area contributed by atoms with Crippen molar-refractivity contribution < 1.29 is 0 Å². The van der Waals surface area contributed by atoms with Gasteiger partial charge < -0.3 is 15.1 Å². The third-order valence-electron chi connectivity index (χ3n) is 4.47. The fraction of sp³-hybridized carbons (Fsp3) is 0.625. The highest BCUT2D eigenvalue weighted by atomic mass is 79.9. The molecule has 4 nitrogen and oxygen atoms in total. The molecule has 3 rings (SSSR count). The van der Waals surface area contributed by atoms with Crippen LogP contribution in [0.15, 0.2) is 22.7 Å². The smallest absolute Gasteiger partial charge is 0.0511 e. The van der Waals surface area contributed by atoms with Crippen molar-refractivity contribution in [3.05, 3.63) is 28.2 Å². The number of piperazine rings is 2. The van der Waals surface area contributed by atoms with E-state index in [1.807, 2.05) is 0 Å². The molecule has 0 aromatic heterocycles. The van der Waals surface area contributed by atoms with Gasteiger partial charge in [-0.2, -0.15) is 0 Å². The van der Waals surface area contributed by atoms with Gasteiger partial charge in [0.2, 0.25) is 0 Å². The Bertz CT molecular complexity index is 465. The lowest BCUT2D eigenvalue weighted by Gasteiger charge is -2.35. The Balaban J connectivity index is 1.64. The molecule has 2 aliphatic rings. The van der Waals surface area contributed by atoms with E-state index >= 15 is 0 Å². The standard InChI is InChI=1S/C16H25BrN4/c1-19-8-10-21(11-9-19)16-3-2-14(12-15(16)17)13-20-6-4-18-5-7-20/h2-3,12,18H,4-11,13H2,1H3. The van der Waals surface area contributed by atoms with E-state index < -0.39 is 0 Å². The first-order valence-electron chi connectivity index (χ1n) is 7.87. The first-order valence-corrected chi connectivity index (χ1v) is 8.67. The van der Waals surface area contributed by atoms with Crippen molar-refractivity contribution in [1.29, 1.82) is 0 Å². The molecule has 1 N–H and O–H groups in total. The molecule has 21 heavy (non-hydrogen) atoms. The van der Waals surface area contributed by atoms with Crippen LogP contribution < -0.4 is 10.2 Å². The molecule has 2 fully saturated rings. The second-order valence-corrected chi connectivity index (χ2v) is 6.96. The average Bonchev–Trinajstić information content (AvgIpc) is 2.50. The average molecular weight is 353 g/mol. The maximum Gasteiger partial charge on any atom is 0.0511 e. The number of anilines is 1. The first-order chi connectivity index (χ1) is 10.2. The molecule has 1 aromatic rings. The van der Waals surface area contributed by atoms with Crippen LogP contribution in [0.2, 0.25) is 0 Å². The van der Waals surface area contributed by atoms with Gasteiger partial charge in [0.15, 0.2) is 0 Å². The molecule has 2 heterocycles. The van der Waals surface area contributed by atoms with Gasteiger partial charge in [-0.3, -0.25) is 4.90 Å². The van der Waals surface area contributed by atoms with Crippen LogP contribution in [0, 0.1) is 0 Å².